The molecular weight excluding hydrogens is 526 g/mol. The van der Waals surface area contributed by atoms with Crippen LogP contribution < -0.4 is 0 Å². The van der Waals surface area contributed by atoms with Crippen LogP contribution in [-0.4, -0.2) is 21.6 Å². The number of aromatic nitrogens is 1. The van der Waals surface area contributed by atoms with Crippen molar-refractivity contribution >= 4 is 45.0 Å². The van der Waals surface area contributed by atoms with E-state index < -0.39 is 0 Å². The molecule has 0 aliphatic heterocycles. The van der Waals surface area contributed by atoms with Crippen LogP contribution in [0.25, 0.3) is 33.1 Å². The van der Waals surface area contributed by atoms with E-state index in [1.807, 2.05) is 66.9 Å². The predicted octanol–water partition coefficient (Wildman–Crippen LogP) is 9.82. The van der Waals surface area contributed by atoms with Gasteiger partial charge >= 0.3 is 0 Å². The monoisotopic (exact) mass is 557 g/mol. The van der Waals surface area contributed by atoms with Gasteiger partial charge in [0.15, 0.2) is 0 Å². The van der Waals surface area contributed by atoms with Gasteiger partial charge in [0.1, 0.15) is 5.76 Å². The third-order valence-corrected chi connectivity index (χ3v) is 8.11. The van der Waals surface area contributed by atoms with Crippen LogP contribution in [0, 0.1) is 11.3 Å². The van der Waals surface area contributed by atoms with Gasteiger partial charge in [0.25, 0.3) is 0 Å². The molecule has 7 rings (SSSR count). The quantitative estimate of drug-likeness (QED) is 0.197. The molecule has 0 saturated carbocycles. The van der Waals surface area contributed by atoms with E-state index in [9.17, 15) is 5.11 Å². The minimum Gasteiger partial charge on any atom is -0.508 e. The second-order valence-corrected chi connectivity index (χ2v) is 11.1. The summed E-state index contributed by atoms with van der Waals surface area (Å²) in [6.45, 7) is 2.18. The number of aliphatic hydroxyl groups is 1. The molecule has 0 fully saturated rings. The van der Waals surface area contributed by atoms with Crippen LogP contribution in [0.1, 0.15) is 35.6 Å². The molecule has 2 N–H and O–H groups in total. The number of nitrogens with one attached hydrogen (secondary N) is 1. The molecule has 1 aliphatic carbocycles. The summed E-state index contributed by atoms with van der Waals surface area (Å²) in [5.41, 5.74) is 8.95. The highest BCUT2D eigenvalue weighted by Crippen LogP contribution is 2.36. The van der Waals surface area contributed by atoms with Gasteiger partial charge in [-0.3, -0.25) is 10.4 Å². The topological polar surface area (TPSA) is 61.4 Å². The van der Waals surface area contributed by atoms with Gasteiger partial charge in [0.2, 0.25) is 0 Å². The lowest BCUT2D eigenvalue weighted by molar-refractivity contribution is 0.428. The van der Waals surface area contributed by atoms with Crippen LogP contribution in [0.5, 0.6) is 0 Å². The number of hydrogen-bond donors (Lipinski definition) is 2. The number of benzene rings is 5. The zero-order valence-corrected chi connectivity index (χ0v) is 23.9. The lowest BCUT2D eigenvalue weighted by atomic mass is 9.91. The average Bonchev–Trinajstić information content (AvgIpc) is 3.39. The van der Waals surface area contributed by atoms with Crippen LogP contribution in [0.3, 0.4) is 0 Å². The lowest BCUT2D eigenvalue weighted by Crippen LogP contribution is -2.01. The fourth-order valence-electron chi connectivity index (χ4n) is 5.95. The molecule has 0 spiro atoms. The molecule has 1 aromatic heterocycles. The van der Waals surface area contributed by atoms with Crippen molar-refractivity contribution in [3.05, 3.63) is 161 Å². The van der Waals surface area contributed by atoms with Crippen molar-refractivity contribution in [2.75, 3.05) is 0 Å². The number of para-hydroxylation sites is 2. The number of fused-ring (bicyclic) bond motifs is 3. The van der Waals surface area contributed by atoms with E-state index >= 15 is 0 Å². The molecule has 0 saturated heterocycles. The summed E-state index contributed by atoms with van der Waals surface area (Å²) in [7, 11) is 0. The van der Waals surface area contributed by atoms with Crippen LogP contribution in [0.2, 0.25) is 0 Å². The van der Waals surface area contributed by atoms with Crippen LogP contribution in [-0.2, 0) is 0 Å². The zero-order valence-electron chi connectivity index (χ0n) is 23.9. The van der Waals surface area contributed by atoms with Crippen molar-refractivity contribution in [3.63, 3.8) is 0 Å². The van der Waals surface area contributed by atoms with E-state index in [0.717, 1.165) is 56.7 Å². The maximum Gasteiger partial charge on any atom is 0.119 e. The van der Waals surface area contributed by atoms with Crippen molar-refractivity contribution in [2.24, 2.45) is 10.9 Å². The molecule has 208 valence electrons. The predicted molar refractivity (Wildman–Crippen MR) is 179 cm³/mol. The number of nitrogens with zero attached hydrogens (tertiary/aromatic N) is 2. The number of allylic oxidation sites excluding steroid dienone is 3. The van der Waals surface area contributed by atoms with Gasteiger partial charge in [-0.05, 0) is 59.9 Å². The van der Waals surface area contributed by atoms with Crippen molar-refractivity contribution in [3.8, 4) is 5.69 Å². The van der Waals surface area contributed by atoms with E-state index in [0.29, 0.717) is 17.4 Å². The Hall–Kier alpha value is -5.48. The van der Waals surface area contributed by atoms with Gasteiger partial charge in [-0.25, -0.2) is 0 Å². The first-order valence-electron chi connectivity index (χ1n) is 14.6. The van der Waals surface area contributed by atoms with Crippen molar-refractivity contribution in [1.29, 1.82) is 5.41 Å². The lowest BCUT2D eigenvalue weighted by Gasteiger charge is -2.16. The van der Waals surface area contributed by atoms with Crippen molar-refractivity contribution in [1.82, 2.24) is 4.57 Å². The van der Waals surface area contributed by atoms with Gasteiger partial charge in [0.05, 0.1) is 22.4 Å². The largest absolute Gasteiger partial charge is 0.508 e. The highest BCUT2D eigenvalue weighted by Gasteiger charge is 2.18. The number of rotatable bonds is 6. The Morgan fingerprint density at radius 3 is 2.47 bits per heavy atom. The maximum atomic E-state index is 10.7. The van der Waals surface area contributed by atoms with Crippen LogP contribution in [0.4, 0.5) is 5.69 Å². The zero-order chi connectivity index (χ0) is 29.3. The molecule has 0 bridgehead atoms. The molecule has 43 heavy (non-hydrogen) atoms. The Bertz CT molecular complexity index is 2100. The number of aliphatic imine (C=N–C) groups is 1. The van der Waals surface area contributed by atoms with Gasteiger partial charge in [-0.15, -0.1) is 0 Å². The molecule has 4 heteroatoms. The second-order valence-electron chi connectivity index (χ2n) is 11.1. The molecule has 4 nitrogen and oxygen atoms in total. The minimum absolute atomic E-state index is 0.346. The molecule has 5 aromatic carbocycles. The molecular formula is C39H31N3O. The van der Waals surface area contributed by atoms with Crippen molar-refractivity contribution < 1.29 is 5.11 Å². The summed E-state index contributed by atoms with van der Waals surface area (Å²) >= 11 is 0. The number of hydrogen-bond acceptors (Lipinski definition) is 3. The third kappa shape index (κ3) is 4.98. The fraction of sp³-hybridized carbons (Fsp3) is 0.0769. The highest BCUT2D eigenvalue weighted by molar-refractivity contribution is 6.14. The molecule has 1 atom stereocenters. The molecule has 1 heterocycles. The Kier molecular flexibility index (Phi) is 6.80. The van der Waals surface area contributed by atoms with Gasteiger partial charge in [-0.2, -0.15) is 0 Å². The summed E-state index contributed by atoms with van der Waals surface area (Å²) in [5, 5.41) is 21.8. The van der Waals surface area contributed by atoms with Crippen LogP contribution in [0.15, 0.2) is 144 Å². The fourth-order valence-corrected chi connectivity index (χ4v) is 5.95. The normalized spacial score (nSPS) is 15.1. The molecule has 6 aromatic rings. The Labute approximate surface area is 251 Å². The summed E-state index contributed by atoms with van der Waals surface area (Å²) in [6.07, 6.45) is 6.80. The molecule has 1 unspecified atom stereocenters. The SMILES string of the molecule is CC1C=C(c2ccc3c4ccccc4n(-c4cccc(C=Nc5ccccc5C(=N)c5ccccc5)c4)c3c2)C(O)=CC1. The van der Waals surface area contributed by atoms with E-state index in [2.05, 4.69) is 84.3 Å². The first-order valence-corrected chi connectivity index (χ1v) is 14.6. The summed E-state index contributed by atoms with van der Waals surface area (Å²) in [6, 6.07) is 40.9. The first kappa shape index (κ1) is 26.4. The third-order valence-electron chi connectivity index (χ3n) is 8.11. The first-order chi connectivity index (χ1) is 21.1. The number of aliphatic hydroxyl groups excluding tert-OH is 1. The van der Waals surface area contributed by atoms with E-state index in [-0.39, 0.29) is 0 Å². The minimum atomic E-state index is 0.346. The Morgan fingerprint density at radius 2 is 1.58 bits per heavy atom. The van der Waals surface area contributed by atoms with E-state index in [1.165, 1.54) is 10.8 Å². The van der Waals surface area contributed by atoms with E-state index in [1.54, 1.807) is 0 Å². The summed E-state index contributed by atoms with van der Waals surface area (Å²) in [4.78, 5) is 4.84. The van der Waals surface area contributed by atoms with E-state index in [4.69, 9.17) is 10.4 Å². The smallest absolute Gasteiger partial charge is 0.119 e. The Balaban J connectivity index is 1.31. The summed E-state index contributed by atoms with van der Waals surface area (Å²) in [5.74, 6) is 0.726. The van der Waals surface area contributed by atoms with Crippen molar-refractivity contribution in [2.45, 2.75) is 13.3 Å². The molecule has 0 amide bonds. The van der Waals surface area contributed by atoms with Gasteiger partial charge in [0, 0.05) is 39.4 Å². The summed E-state index contributed by atoms with van der Waals surface area (Å²) < 4.78 is 2.29. The standard InChI is InChI=1S/C39H31N3O/c1-26-18-21-38(43)34(22-26)29-19-20-32-31-14-6-8-17-36(31)42(37(32)24-29)30-13-9-10-27(23-30)25-41-35-16-7-5-15-33(35)39(40)28-11-3-2-4-12-28/h2-17,19-26,40,43H,18H2,1H3. The van der Waals surface area contributed by atoms with Gasteiger partial charge in [-0.1, -0.05) is 104 Å². The Morgan fingerprint density at radius 1 is 0.814 bits per heavy atom. The average molecular weight is 558 g/mol. The molecule has 1 aliphatic rings. The second kappa shape index (κ2) is 11.1. The van der Waals surface area contributed by atoms with Gasteiger partial charge < -0.3 is 9.67 Å². The highest BCUT2D eigenvalue weighted by atomic mass is 16.3. The molecule has 0 radical (unpaired) electrons. The van der Waals surface area contributed by atoms with Crippen LogP contribution >= 0.6 is 0 Å². The maximum absolute atomic E-state index is 10.7.